The van der Waals surface area contributed by atoms with Gasteiger partial charge in [0.2, 0.25) is 0 Å². The molecular weight excluding hydrogens is 301 g/mol. The summed E-state index contributed by atoms with van der Waals surface area (Å²) < 4.78 is 19.0. The fraction of sp³-hybridized carbons (Fsp3) is 0.583. The van der Waals surface area contributed by atoms with Gasteiger partial charge in [0.15, 0.2) is 17.3 Å². The summed E-state index contributed by atoms with van der Waals surface area (Å²) in [6, 6.07) is 0. The normalized spacial score (nSPS) is 39.1. The number of rotatable bonds is 2. The standard InChI is InChI=1S/C12H16FN3O4S/c1-4-5-2-16(12(21)15-10(5)14-9(4)13)11-8(19)7(18)6(3-17)20-11/h2,6-8,10-11,14,17-19H,3H2,1H3,(H,15,21). The van der Waals surface area contributed by atoms with Gasteiger partial charge in [-0.2, -0.15) is 4.39 Å². The first-order valence-electron chi connectivity index (χ1n) is 6.50. The van der Waals surface area contributed by atoms with E-state index in [1.54, 1.807) is 13.1 Å². The predicted octanol–water partition coefficient (Wildman–Crippen LogP) is -1.37. The van der Waals surface area contributed by atoms with Gasteiger partial charge < -0.3 is 30.7 Å². The Hall–Kier alpha value is -1.26. The number of aliphatic hydroxyl groups is 3. The van der Waals surface area contributed by atoms with E-state index in [9.17, 15) is 14.6 Å². The van der Waals surface area contributed by atoms with Crippen molar-refractivity contribution in [1.82, 2.24) is 15.5 Å². The Morgan fingerprint density at radius 1 is 1.38 bits per heavy atom. The van der Waals surface area contributed by atoms with Gasteiger partial charge in [-0.1, -0.05) is 0 Å². The highest BCUT2D eigenvalue weighted by molar-refractivity contribution is 7.80. The van der Waals surface area contributed by atoms with Crippen molar-refractivity contribution >= 4 is 17.3 Å². The zero-order chi connectivity index (χ0) is 15.3. The van der Waals surface area contributed by atoms with Crippen LogP contribution in [-0.4, -0.2) is 62.6 Å². The lowest BCUT2D eigenvalue weighted by Gasteiger charge is -2.36. The van der Waals surface area contributed by atoms with Crippen molar-refractivity contribution in [2.45, 2.75) is 37.6 Å². The van der Waals surface area contributed by atoms with E-state index >= 15 is 0 Å². The maximum absolute atomic E-state index is 13.6. The molecule has 0 aromatic rings. The van der Waals surface area contributed by atoms with Crippen LogP contribution in [0.5, 0.6) is 0 Å². The minimum atomic E-state index is -1.24. The second-order valence-corrected chi connectivity index (χ2v) is 5.57. The van der Waals surface area contributed by atoms with Crippen molar-refractivity contribution in [1.29, 1.82) is 0 Å². The third-order valence-corrected chi connectivity index (χ3v) is 4.24. The van der Waals surface area contributed by atoms with Crippen molar-refractivity contribution in [2.75, 3.05) is 6.61 Å². The Bertz CT molecular complexity index is 541. The predicted molar refractivity (Wildman–Crippen MR) is 74.1 cm³/mol. The summed E-state index contributed by atoms with van der Waals surface area (Å²) in [5.41, 5.74) is 1.07. The molecule has 0 radical (unpaired) electrons. The van der Waals surface area contributed by atoms with Crippen molar-refractivity contribution in [3.05, 3.63) is 23.3 Å². The Morgan fingerprint density at radius 2 is 2.10 bits per heavy atom. The van der Waals surface area contributed by atoms with Crippen molar-refractivity contribution in [3.8, 4) is 0 Å². The van der Waals surface area contributed by atoms with E-state index in [2.05, 4.69) is 10.6 Å². The second kappa shape index (κ2) is 5.18. The molecule has 1 fully saturated rings. The Kier molecular flexibility index (Phi) is 3.62. The average Bonchev–Trinajstić information content (AvgIpc) is 2.88. The molecule has 0 aromatic heterocycles. The lowest BCUT2D eigenvalue weighted by molar-refractivity contribution is -0.0596. The van der Waals surface area contributed by atoms with Crippen LogP contribution in [-0.2, 0) is 4.74 Å². The van der Waals surface area contributed by atoms with Crippen LogP contribution in [0.3, 0.4) is 0 Å². The molecule has 9 heteroatoms. The molecule has 3 rings (SSSR count). The molecule has 5 N–H and O–H groups in total. The monoisotopic (exact) mass is 317 g/mol. The van der Waals surface area contributed by atoms with Gasteiger partial charge in [-0.05, 0) is 19.1 Å². The highest BCUT2D eigenvalue weighted by Crippen LogP contribution is 2.31. The summed E-state index contributed by atoms with van der Waals surface area (Å²) in [7, 11) is 0. The molecular formula is C12H16FN3O4S. The Balaban J connectivity index is 1.89. The molecule has 21 heavy (non-hydrogen) atoms. The summed E-state index contributed by atoms with van der Waals surface area (Å²) in [5.74, 6) is -0.440. The molecule has 1 saturated heterocycles. The summed E-state index contributed by atoms with van der Waals surface area (Å²) in [6.07, 6.45) is -3.15. The molecule has 3 heterocycles. The molecule has 0 aliphatic carbocycles. The number of thiocarbonyl (C=S) groups is 1. The van der Waals surface area contributed by atoms with Crippen LogP contribution in [0.15, 0.2) is 23.3 Å². The summed E-state index contributed by atoms with van der Waals surface area (Å²) in [6.45, 7) is 1.21. The van der Waals surface area contributed by atoms with Crippen molar-refractivity contribution < 1.29 is 24.4 Å². The van der Waals surface area contributed by atoms with Crippen molar-refractivity contribution in [3.63, 3.8) is 0 Å². The molecule has 0 amide bonds. The smallest absolute Gasteiger partial charge is 0.192 e. The van der Waals surface area contributed by atoms with Crippen LogP contribution in [0.25, 0.3) is 0 Å². The minimum absolute atomic E-state index is 0.230. The Labute approximate surface area is 125 Å². The first-order valence-corrected chi connectivity index (χ1v) is 6.91. The van der Waals surface area contributed by atoms with Gasteiger partial charge in [-0.15, -0.1) is 0 Å². The molecule has 3 aliphatic rings. The lowest BCUT2D eigenvalue weighted by atomic mass is 10.1. The third-order valence-electron chi connectivity index (χ3n) is 3.92. The summed E-state index contributed by atoms with van der Waals surface area (Å²) >= 11 is 5.19. The van der Waals surface area contributed by atoms with Gasteiger partial charge in [-0.3, -0.25) is 4.90 Å². The first kappa shape index (κ1) is 14.7. The third kappa shape index (κ3) is 2.21. The van der Waals surface area contributed by atoms with Crippen LogP contribution in [0.4, 0.5) is 4.39 Å². The van der Waals surface area contributed by atoms with E-state index in [4.69, 9.17) is 22.1 Å². The highest BCUT2D eigenvalue weighted by Gasteiger charge is 2.47. The van der Waals surface area contributed by atoms with Crippen LogP contribution >= 0.6 is 12.2 Å². The van der Waals surface area contributed by atoms with Gasteiger partial charge in [-0.25, -0.2) is 0 Å². The molecule has 0 aromatic carbocycles. The number of fused-ring (bicyclic) bond motifs is 1. The largest absolute Gasteiger partial charge is 0.394 e. The number of ether oxygens (including phenoxy) is 1. The number of nitrogens with zero attached hydrogens (tertiary/aromatic N) is 1. The number of nitrogens with one attached hydrogen (secondary N) is 2. The summed E-state index contributed by atoms with van der Waals surface area (Å²) in [4.78, 5) is 1.43. The molecule has 0 bridgehead atoms. The van der Waals surface area contributed by atoms with E-state index in [-0.39, 0.29) is 5.11 Å². The lowest BCUT2D eigenvalue weighted by Crippen LogP contribution is -2.56. The zero-order valence-corrected chi connectivity index (χ0v) is 12.0. The van der Waals surface area contributed by atoms with Gasteiger partial charge in [0.25, 0.3) is 0 Å². The maximum atomic E-state index is 13.6. The average molecular weight is 317 g/mol. The quantitative estimate of drug-likeness (QED) is 0.314. The summed E-state index contributed by atoms with van der Waals surface area (Å²) in [5, 5.41) is 34.7. The topological polar surface area (TPSA) is 97.2 Å². The van der Waals surface area contributed by atoms with Crippen LogP contribution in [0.2, 0.25) is 0 Å². The number of hydrogen-bond donors (Lipinski definition) is 5. The van der Waals surface area contributed by atoms with E-state index in [1.807, 2.05) is 0 Å². The molecule has 0 saturated carbocycles. The maximum Gasteiger partial charge on any atom is 0.192 e. The van der Waals surface area contributed by atoms with Crippen molar-refractivity contribution in [2.24, 2.45) is 0 Å². The van der Waals surface area contributed by atoms with Crippen LogP contribution in [0.1, 0.15) is 6.92 Å². The molecule has 0 spiro atoms. The van der Waals surface area contributed by atoms with E-state index in [0.717, 1.165) is 0 Å². The molecule has 5 unspecified atom stereocenters. The number of aliphatic hydroxyl groups excluding tert-OH is 3. The molecule has 7 nitrogen and oxygen atoms in total. The highest BCUT2D eigenvalue weighted by atomic mass is 32.1. The van der Waals surface area contributed by atoms with Gasteiger partial charge in [0, 0.05) is 17.3 Å². The zero-order valence-electron chi connectivity index (χ0n) is 11.2. The fourth-order valence-corrected chi connectivity index (χ4v) is 2.92. The van der Waals surface area contributed by atoms with Crippen LogP contribution in [0, 0.1) is 0 Å². The minimum Gasteiger partial charge on any atom is -0.394 e. The second-order valence-electron chi connectivity index (χ2n) is 5.19. The van der Waals surface area contributed by atoms with E-state index in [0.29, 0.717) is 11.1 Å². The fourth-order valence-electron chi connectivity index (χ4n) is 2.65. The SMILES string of the molecule is CC1=C(F)NC2NC(=S)N(C3OC(CO)C(O)C3O)C=C12. The molecule has 116 valence electrons. The number of hydrogen-bond acceptors (Lipinski definition) is 6. The molecule has 3 aliphatic heterocycles. The number of halogens is 1. The van der Waals surface area contributed by atoms with Gasteiger partial charge in [0.1, 0.15) is 24.5 Å². The van der Waals surface area contributed by atoms with E-state index in [1.165, 1.54) is 4.90 Å². The van der Waals surface area contributed by atoms with E-state index < -0.39 is 43.3 Å². The van der Waals surface area contributed by atoms with Crippen LogP contribution < -0.4 is 10.6 Å². The van der Waals surface area contributed by atoms with Gasteiger partial charge >= 0.3 is 0 Å². The van der Waals surface area contributed by atoms with Gasteiger partial charge in [0.05, 0.1) is 6.61 Å². The Morgan fingerprint density at radius 3 is 2.71 bits per heavy atom. The first-order chi connectivity index (χ1) is 9.93. The molecule has 5 atom stereocenters.